The molecule has 0 aromatic rings. The van der Waals surface area contributed by atoms with Crippen molar-refractivity contribution in [2.75, 3.05) is 0 Å². The van der Waals surface area contributed by atoms with Crippen LogP contribution in [0, 0.1) is 20.5 Å². The van der Waals surface area contributed by atoms with Crippen molar-refractivity contribution in [1.29, 1.82) is 0 Å². The molecule has 62 valence electrons. The monoisotopic (exact) mass is 198 g/mol. The van der Waals surface area contributed by atoms with Gasteiger partial charge in [0.1, 0.15) is 20.5 Å². The third-order valence-corrected chi connectivity index (χ3v) is 0.677. The SMILES string of the molecule is [O-][Cl+3]([O-])([O-])OO[Cl+3]([O-])([O-])[O-]. The Hall–Kier alpha value is 0.260. The Bertz CT molecular complexity index is 80.8. The molecular formula is Cl2O8. The molecule has 0 atom stereocenters. The zero-order valence-corrected chi connectivity index (χ0v) is 5.53. The van der Waals surface area contributed by atoms with Gasteiger partial charge in [0, 0.05) is 0 Å². The summed E-state index contributed by atoms with van der Waals surface area (Å²) in [4.78, 5) is 0. The Labute approximate surface area is 58.2 Å². The summed E-state index contributed by atoms with van der Waals surface area (Å²) in [6.07, 6.45) is 0. The van der Waals surface area contributed by atoms with Crippen LogP contribution in [0.5, 0.6) is 0 Å². The largest absolute Gasteiger partial charge is 0.398 e. The van der Waals surface area contributed by atoms with E-state index in [9.17, 15) is 28.0 Å². The van der Waals surface area contributed by atoms with Crippen molar-refractivity contribution in [1.82, 2.24) is 0 Å². The predicted octanol–water partition coefficient (Wildman–Crippen LogP) is -7.27. The van der Waals surface area contributed by atoms with Gasteiger partial charge in [0.2, 0.25) is 0 Å². The van der Waals surface area contributed by atoms with E-state index in [0.29, 0.717) is 0 Å². The minimum Gasteiger partial charge on any atom is -0.179 e. The van der Waals surface area contributed by atoms with Gasteiger partial charge in [-0.05, 0) is 0 Å². The summed E-state index contributed by atoms with van der Waals surface area (Å²) in [6.45, 7) is 0. The molecular weight excluding hydrogens is 199 g/mol. The van der Waals surface area contributed by atoms with Crippen molar-refractivity contribution in [3.05, 3.63) is 0 Å². The van der Waals surface area contributed by atoms with Gasteiger partial charge >= 0.3 is 8.88 Å². The van der Waals surface area contributed by atoms with Gasteiger partial charge in [0.15, 0.2) is 0 Å². The van der Waals surface area contributed by atoms with Crippen molar-refractivity contribution >= 4 is 0 Å². The number of hydrogen-bond acceptors (Lipinski definition) is 8. The van der Waals surface area contributed by atoms with E-state index in [1.54, 1.807) is 0 Å². The van der Waals surface area contributed by atoms with Gasteiger partial charge in [0.25, 0.3) is 0 Å². The van der Waals surface area contributed by atoms with Gasteiger partial charge < -0.3 is 0 Å². The summed E-state index contributed by atoms with van der Waals surface area (Å²) in [5.41, 5.74) is 0. The molecule has 0 aliphatic rings. The van der Waals surface area contributed by atoms with Crippen molar-refractivity contribution in [3.8, 4) is 0 Å². The molecule has 8 nitrogen and oxygen atoms in total. The summed E-state index contributed by atoms with van der Waals surface area (Å²) < 4.78 is 61.2. The molecule has 0 rings (SSSR count). The van der Waals surface area contributed by atoms with E-state index < -0.39 is 20.5 Å². The Balaban J connectivity index is 3.56. The minimum atomic E-state index is -5.06. The van der Waals surface area contributed by atoms with Crippen LogP contribution in [-0.2, 0) is 8.88 Å². The predicted molar refractivity (Wildman–Crippen MR) is 2.17 cm³/mol. The molecule has 0 unspecified atom stereocenters. The van der Waals surface area contributed by atoms with Crippen molar-refractivity contribution in [2.45, 2.75) is 0 Å². The molecule has 0 aliphatic heterocycles. The highest BCUT2D eigenvalue weighted by molar-refractivity contribution is 2.71. The van der Waals surface area contributed by atoms with Gasteiger partial charge in [-0.1, -0.05) is 0 Å². The highest BCUT2D eigenvalue weighted by Crippen LogP contribution is 1.95. The molecule has 0 spiro atoms. The molecule has 10 heteroatoms. The van der Waals surface area contributed by atoms with Gasteiger partial charge in [-0.15, -0.1) is 0 Å². The standard InChI is InChI=1S/Cl2O8/c3-1(4,5)9-10-2(6,7)8. The smallest absolute Gasteiger partial charge is 0.179 e. The molecule has 0 N–H and O–H groups in total. The second-order valence-corrected chi connectivity index (χ2v) is 2.65. The lowest BCUT2D eigenvalue weighted by molar-refractivity contribution is -1.99. The first-order valence-corrected chi connectivity index (χ1v) is 3.87. The second kappa shape index (κ2) is 3.11. The van der Waals surface area contributed by atoms with Crippen molar-refractivity contribution in [2.24, 2.45) is 0 Å². The van der Waals surface area contributed by atoms with Crippen LogP contribution in [0.25, 0.3) is 0 Å². The summed E-state index contributed by atoms with van der Waals surface area (Å²) in [7, 11) is -10.1. The molecule has 0 fully saturated rings. The number of halogens is 2. The molecule has 0 radical (unpaired) electrons. The normalized spacial score (nSPS) is 13.8. The van der Waals surface area contributed by atoms with E-state index in [0.717, 1.165) is 0 Å². The maximum atomic E-state index is 9.34. The van der Waals surface area contributed by atoms with E-state index in [-0.39, 0.29) is 0 Å². The van der Waals surface area contributed by atoms with Crippen LogP contribution < -0.4 is 28.0 Å². The zero-order valence-electron chi connectivity index (χ0n) is 4.02. The fraction of sp³-hybridized carbons (Fsp3) is 0. The number of hydrogen-bond donors (Lipinski definition) is 0. The van der Waals surface area contributed by atoms with Crippen LogP contribution in [0.1, 0.15) is 0 Å². The van der Waals surface area contributed by atoms with E-state index in [1.807, 2.05) is 0 Å². The van der Waals surface area contributed by atoms with Crippen LogP contribution in [0.2, 0.25) is 0 Å². The van der Waals surface area contributed by atoms with Crippen molar-refractivity contribution < 1.29 is 57.3 Å². The molecule has 0 amide bonds. The first-order valence-electron chi connectivity index (χ1n) is 1.40. The third kappa shape index (κ3) is 8.26. The van der Waals surface area contributed by atoms with Gasteiger partial charge in [-0.25, -0.2) is 0 Å². The Morgan fingerprint density at radius 2 is 0.800 bits per heavy atom. The lowest BCUT2D eigenvalue weighted by Crippen LogP contribution is -2.66. The number of rotatable bonds is 3. The molecule has 10 heavy (non-hydrogen) atoms. The lowest BCUT2D eigenvalue weighted by atomic mass is 14.9. The van der Waals surface area contributed by atoms with Crippen LogP contribution >= 0.6 is 0 Å². The topological polar surface area (TPSA) is 157 Å². The highest BCUT2D eigenvalue weighted by atomic mass is 35.7. The summed E-state index contributed by atoms with van der Waals surface area (Å²) in [5, 5.41) is 0. The second-order valence-electron chi connectivity index (χ2n) is 0.882. The van der Waals surface area contributed by atoms with E-state index >= 15 is 0 Å². The van der Waals surface area contributed by atoms with Crippen LogP contribution in [0.15, 0.2) is 0 Å². The highest BCUT2D eigenvalue weighted by Gasteiger charge is 2.37. The molecule has 0 aromatic carbocycles. The molecule has 0 saturated heterocycles. The van der Waals surface area contributed by atoms with Gasteiger partial charge in [0.05, 0.1) is 0 Å². The summed E-state index contributed by atoms with van der Waals surface area (Å²) in [5.74, 6) is 0. The zero-order chi connectivity index (χ0) is 8.41. The summed E-state index contributed by atoms with van der Waals surface area (Å²) >= 11 is 0. The fourth-order valence-electron chi connectivity index (χ4n) is 0.0583. The average Bonchev–Trinajstić information content (AvgIpc) is 1.57. The maximum absolute atomic E-state index is 9.34. The molecule has 0 heterocycles. The van der Waals surface area contributed by atoms with E-state index in [1.165, 1.54) is 0 Å². The minimum absolute atomic E-state index is 2.57. The van der Waals surface area contributed by atoms with Crippen LogP contribution in [0.3, 0.4) is 0 Å². The molecule has 0 saturated carbocycles. The van der Waals surface area contributed by atoms with Gasteiger partial charge in [-0.2, -0.15) is 28.0 Å². The Kier molecular flexibility index (Phi) is 3.19. The average molecular weight is 199 g/mol. The Morgan fingerprint density at radius 3 is 0.900 bits per heavy atom. The quantitative estimate of drug-likeness (QED) is 0.320. The lowest BCUT2D eigenvalue weighted by Gasteiger charge is -2.09. The molecule has 0 bridgehead atoms. The third-order valence-electron chi connectivity index (χ3n) is 0.178. The maximum Gasteiger partial charge on any atom is 0.398 e. The van der Waals surface area contributed by atoms with E-state index in [4.69, 9.17) is 0 Å². The van der Waals surface area contributed by atoms with Crippen molar-refractivity contribution in [3.63, 3.8) is 0 Å². The van der Waals surface area contributed by atoms with Crippen LogP contribution in [0.4, 0.5) is 0 Å². The molecule has 0 aromatic heterocycles. The fourth-order valence-corrected chi connectivity index (χ4v) is 0.525. The molecule has 0 aliphatic carbocycles. The van der Waals surface area contributed by atoms with E-state index in [2.05, 4.69) is 8.88 Å². The van der Waals surface area contributed by atoms with Gasteiger partial charge in [-0.3, -0.25) is 0 Å². The Morgan fingerprint density at radius 1 is 0.600 bits per heavy atom. The van der Waals surface area contributed by atoms with Crippen LogP contribution in [-0.4, -0.2) is 0 Å². The first kappa shape index (κ1) is 10.3. The first-order chi connectivity index (χ1) is 4.21. The summed E-state index contributed by atoms with van der Waals surface area (Å²) in [6, 6.07) is 0.